The summed E-state index contributed by atoms with van der Waals surface area (Å²) in [7, 11) is 1.61. The van der Waals surface area contributed by atoms with Crippen molar-refractivity contribution in [2.75, 3.05) is 13.7 Å². The molecule has 0 amide bonds. The highest BCUT2D eigenvalue weighted by atomic mass is 32.2. The summed E-state index contributed by atoms with van der Waals surface area (Å²) in [6, 6.07) is 14.8. The Kier molecular flexibility index (Phi) is 4.33. The standard InChI is InChI=1S/C18H19NO3S/c1-18(2)12-22-17(19-18)15-6-4-5-7-16(15)23(20)14-10-8-13(21-3)9-11-14/h4-11H,12H2,1-3H3. The molecule has 1 aliphatic heterocycles. The van der Waals surface area contributed by atoms with E-state index in [1.807, 2.05) is 62.4 Å². The SMILES string of the molecule is COc1ccc([S+]([O-])c2ccccc2C2=NC(C)(C)CO2)cc1. The Morgan fingerprint density at radius 1 is 1.13 bits per heavy atom. The Labute approximate surface area is 139 Å². The first kappa shape index (κ1) is 15.9. The molecule has 0 aromatic heterocycles. The normalized spacial score (nSPS) is 17.3. The highest BCUT2D eigenvalue weighted by molar-refractivity contribution is 7.91. The highest BCUT2D eigenvalue weighted by Gasteiger charge is 2.31. The number of aliphatic imine (C=N–C) groups is 1. The van der Waals surface area contributed by atoms with E-state index in [0.717, 1.165) is 16.2 Å². The molecular weight excluding hydrogens is 310 g/mol. The molecule has 0 N–H and O–H groups in total. The lowest BCUT2D eigenvalue weighted by Crippen LogP contribution is -2.17. The van der Waals surface area contributed by atoms with Crippen molar-refractivity contribution in [2.24, 2.45) is 4.99 Å². The fraction of sp³-hybridized carbons (Fsp3) is 0.278. The van der Waals surface area contributed by atoms with Crippen molar-refractivity contribution in [3.8, 4) is 5.75 Å². The van der Waals surface area contributed by atoms with E-state index in [-0.39, 0.29) is 5.54 Å². The highest BCUT2D eigenvalue weighted by Crippen LogP contribution is 2.29. The number of methoxy groups -OCH3 is 1. The van der Waals surface area contributed by atoms with Crippen molar-refractivity contribution in [3.05, 3.63) is 54.1 Å². The van der Waals surface area contributed by atoms with E-state index in [0.29, 0.717) is 17.4 Å². The van der Waals surface area contributed by atoms with Gasteiger partial charge in [0.05, 0.1) is 18.2 Å². The minimum atomic E-state index is -1.31. The van der Waals surface area contributed by atoms with Crippen LogP contribution in [0.5, 0.6) is 5.75 Å². The molecule has 1 heterocycles. The Balaban J connectivity index is 1.96. The zero-order chi connectivity index (χ0) is 16.4. The summed E-state index contributed by atoms with van der Waals surface area (Å²) >= 11 is -1.31. The molecule has 3 rings (SSSR count). The van der Waals surface area contributed by atoms with Crippen molar-refractivity contribution >= 4 is 17.1 Å². The Morgan fingerprint density at radius 2 is 1.83 bits per heavy atom. The van der Waals surface area contributed by atoms with Crippen LogP contribution in [0.15, 0.2) is 63.3 Å². The van der Waals surface area contributed by atoms with E-state index in [9.17, 15) is 4.55 Å². The molecule has 2 aromatic rings. The molecule has 23 heavy (non-hydrogen) atoms. The molecule has 0 saturated carbocycles. The quantitative estimate of drug-likeness (QED) is 0.808. The fourth-order valence-electron chi connectivity index (χ4n) is 2.35. The fourth-order valence-corrected chi connectivity index (χ4v) is 3.55. The van der Waals surface area contributed by atoms with Gasteiger partial charge >= 0.3 is 0 Å². The van der Waals surface area contributed by atoms with Crippen molar-refractivity contribution in [3.63, 3.8) is 0 Å². The summed E-state index contributed by atoms with van der Waals surface area (Å²) in [5.41, 5.74) is 0.538. The van der Waals surface area contributed by atoms with Gasteiger partial charge in [-0.1, -0.05) is 12.1 Å². The minimum absolute atomic E-state index is 0.246. The molecule has 5 heteroatoms. The van der Waals surface area contributed by atoms with Crippen LogP contribution >= 0.6 is 0 Å². The summed E-state index contributed by atoms with van der Waals surface area (Å²) in [4.78, 5) is 6.02. The van der Waals surface area contributed by atoms with E-state index < -0.39 is 11.2 Å². The average molecular weight is 329 g/mol. The third-order valence-electron chi connectivity index (χ3n) is 3.56. The van der Waals surface area contributed by atoms with Gasteiger partial charge in [0.25, 0.3) is 0 Å². The Morgan fingerprint density at radius 3 is 2.43 bits per heavy atom. The van der Waals surface area contributed by atoms with Crippen LogP contribution in [-0.2, 0) is 15.9 Å². The third-order valence-corrected chi connectivity index (χ3v) is 5.01. The minimum Gasteiger partial charge on any atom is -0.606 e. The maximum Gasteiger partial charge on any atom is 0.222 e. The summed E-state index contributed by atoms with van der Waals surface area (Å²) in [6.07, 6.45) is 0. The van der Waals surface area contributed by atoms with Gasteiger partial charge in [-0.15, -0.1) is 0 Å². The van der Waals surface area contributed by atoms with Crippen LogP contribution in [0.2, 0.25) is 0 Å². The number of hydrogen-bond acceptors (Lipinski definition) is 4. The number of benzene rings is 2. The van der Waals surface area contributed by atoms with E-state index in [1.165, 1.54) is 0 Å². The summed E-state index contributed by atoms with van der Waals surface area (Å²) < 4.78 is 23.8. The first-order chi connectivity index (χ1) is 11.0. The van der Waals surface area contributed by atoms with Crippen molar-refractivity contribution < 1.29 is 14.0 Å². The van der Waals surface area contributed by atoms with Gasteiger partial charge in [0.2, 0.25) is 5.90 Å². The summed E-state index contributed by atoms with van der Waals surface area (Å²) in [6.45, 7) is 4.57. The molecule has 1 aliphatic rings. The van der Waals surface area contributed by atoms with Gasteiger partial charge in [-0.2, -0.15) is 0 Å². The maximum atomic E-state index is 12.9. The van der Waals surface area contributed by atoms with Crippen molar-refractivity contribution in [2.45, 2.75) is 29.2 Å². The molecule has 0 spiro atoms. The molecule has 0 bridgehead atoms. The maximum absolute atomic E-state index is 12.9. The molecule has 1 atom stereocenters. The van der Waals surface area contributed by atoms with Crippen LogP contribution in [0.25, 0.3) is 0 Å². The monoisotopic (exact) mass is 329 g/mol. The van der Waals surface area contributed by atoms with Crippen LogP contribution in [0.1, 0.15) is 19.4 Å². The zero-order valence-corrected chi connectivity index (χ0v) is 14.2. The van der Waals surface area contributed by atoms with Gasteiger partial charge in [0, 0.05) is 11.2 Å². The second kappa shape index (κ2) is 6.26. The molecule has 120 valence electrons. The van der Waals surface area contributed by atoms with Gasteiger partial charge in [-0.3, -0.25) is 0 Å². The van der Waals surface area contributed by atoms with Crippen molar-refractivity contribution in [1.29, 1.82) is 0 Å². The number of hydrogen-bond donors (Lipinski definition) is 0. The molecular formula is C18H19NO3S. The smallest absolute Gasteiger partial charge is 0.222 e. The lowest BCUT2D eigenvalue weighted by molar-refractivity contribution is 0.279. The van der Waals surface area contributed by atoms with E-state index in [1.54, 1.807) is 7.11 Å². The number of nitrogens with zero attached hydrogens (tertiary/aromatic N) is 1. The van der Waals surface area contributed by atoms with Crippen LogP contribution in [0.4, 0.5) is 0 Å². The van der Waals surface area contributed by atoms with E-state index >= 15 is 0 Å². The molecule has 4 nitrogen and oxygen atoms in total. The van der Waals surface area contributed by atoms with E-state index in [2.05, 4.69) is 4.99 Å². The lowest BCUT2D eigenvalue weighted by atomic mass is 10.1. The molecule has 0 saturated heterocycles. The molecule has 0 fully saturated rings. The van der Waals surface area contributed by atoms with Crippen LogP contribution in [0, 0.1) is 0 Å². The van der Waals surface area contributed by atoms with Crippen LogP contribution in [0.3, 0.4) is 0 Å². The third kappa shape index (κ3) is 3.35. The summed E-state index contributed by atoms with van der Waals surface area (Å²) in [5, 5.41) is 0. The second-order valence-electron chi connectivity index (χ2n) is 5.96. The zero-order valence-electron chi connectivity index (χ0n) is 13.4. The molecule has 0 radical (unpaired) electrons. The number of ether oxygens (including phenoxy) is 2. The summed E-state index contributed by atoms with van der Waals surface area (Å²) in [5.74, 6) is 1.30. The Hall–Kier alpha value is -1.98. The lowest BCUT2D eigenvalue weighted by Gasteiger charge is -2.13. The predicted octanol–water partition coefficient (Wildman–Crippen LogP) is 3.42. The predicted molar refractivity (Wildman–Crippen MR) is 90.7 cm³/mol. The first-order valence-electron chi connectivity index (χ1n) is 7.38. The number of rotatable bonds is 4. The van der Waals surface area contributed by atoms with Gasteiger partial charge in [0.1, 0.15) is 12.4 Å². The second-order valence-corrected chi connectivity index (χ2v) is 7.41. The molecule has 1 unspecified atom stereocenters. The topological polar surface area (TPSA) is 53.9 Å². The van der Waals surface area contributed by atoms with E-state index in [4.69, 9.17) is 9.47 Å². The van der Waals surface area contributed by atoms with Gasteiger partial charge < -0.3 is 14.0 Å². The molecule has 0 aliphatic carbocycles. The first-order valence-corrected chi connectivity index (χ1v) is 8.53. The van der Waals surface area contributed by atoms with Gasteiger partial charge in [-0.25, -0.2) is 4.99 Å². The molecule has 2 aromatic carbocycles. The van der Waals surface area contributed by atoms with Gasteiger partial charge in [0.15, 0.2) is 9.79 Å². The average Bonchev–Trinajstić information content (AvgIpc) is 2.94. The Bertz CT molecular complexity index is 725. The van der Waals surface area contributed by atoms with Crippen LogP contribution < -0.4 is 4.74 Å². The van der Waals surface area contributed by atoms with Crippen molar-refractivity contribution in [1.82, 2.24) is 0 Å². The largest absolute Gasteiger partial charge is 0.606 e. The van der Waals surface area contributed by atoms with Crippen LogP contribution in [-0.4, -0.2) is 29.7 Å². The van der Waals surface area contributed by atoms with Gasteiger partial charge in [-0.05, 0) is 50.2 Å².